The molecule has 126 valence electrons. The van der Waals surface area contributed by atoms with Crippen LogP contribution < -0.4 is 10.2 Å². The number of aromatic nitrogens is 1. The van der Waals surface area contributed by atoms with E-state index in [1.165, 1.54) is 17.2 Å². The van der Waals surface area contributed by atoms with E-state index in [1.54, 1.807) is 20.8 Å². The third-order valence-electron chi connectivity index (χ3n) is 3.46. The standard InChI is InChI=1S/C15H22N4O4/c1-15(2,3)23-14(20)18(11-5-4-7-16-9-11)12-6-8-17-10-13(12)19(21)22/h6,8,10-11,16H,4-5,7,9H2,1-3H3/t11-/m0/s1. The highest BCUT2D eigenvalue weighted by molar-refractivity contribution is 5.91. The van der Waals surface area contributed by atoms with Crippen molar-refractivity contribution in [2.45, 2.75) is 45.3 Å². The number of hydrogen-bond donors (Lipinski definition) is 1. The summed E-state index contributed by atoms with van der Waals surface area (Å²) in [6.45, 7) is 6.74. The van der Waals surface area contributed by atoms with Crippen molar-refractivity contribution in [1.82, 2.24) is 10.3 Å². The molecule has 0 saturated carbocycles. The first-order chi connectivity index (χ1) is 10.8. The summed E-state index contributed by atoms with van der Waals surface area (Å²) in [5, 5.41) is 14.5. The molecule has 1 aliphatic rings. The fourth-order valence-corrected chi connectivity index (χ4v) is 2.53. The lowest BCUT2D eigenvalue weighted by atomic mass is 10.1. The first-order valence-electron chi connectivity index (χ1n) is 7.61. The van der Waals surface area contributed by atoms with Crippen molar-refractivity contribution >= 4 is 17.5 Å². The number of rotatable bonds is 3. The molecule has 8 nitrogen and oxygen atoms in total. The van der Waals surface area contributed by atoms with E-state index in [0.717, 1.165) is 25.6 Å². The van der Waals surface area contributed by atoms with Gasteiger partial charge < -0.3 is 10.1 Å². The quantitative estimate of drug-likeness (QED) is 0.678. The van der Waals surface area contributed by atoms with Crippen molar-refractivity contribution in [1.29, 1.82) is 0 Å². The zero-order chi connectivity index (χ0) is 17.0. The fourth-order valence-electron chi connectivity index (χ4n) is 2.53. The minimum Gasteiger partial charge on any atom is -0.443 e. The molecule has 23 heavy (non-hydrogen) atoms. The maximum absolute atomic E-state index is 12.7. The molecule has 1 N–H and O–H groups in total. The monoisotopic (exact) mass is 322 g/mol. The number of piperidine rings is 1. The molecule has 1 aliphatic heterocycles. The van der Waals surface area contributed by atoms with Gasteiger partial charge in [0.2, 0.25) is 0 Å². The molecular weight excluding hydrogens is 300 g/mol. The second kappa shape index (κ2) is 6.91. The predicted octanol–water partition coefficient (Wildman–Crippen LogP) is 2.48. The van der Waals surface area contributed by atoms with Gasteiger partial charge in [-0.15, -0.1) is 0 Å². The molecule has 0 unspecified atom stereocenters. The van der Waals surface area contributed by atoms with Gasteiger partial charge in [0.1, 0.15) is 17.5 Å². The van der Waals surface area contributed by atoms with Crippen LogP contribution in [0, 0.1) is 10.1 Å². The summed E-state index contributed by atoms with van der Waals surface area (Å²) >= 11 is 0. The normalized spacial score (nSPS) is 18.3. The van der Waals surface area contributed by atoms with Crippen LogP contribution in [0.25, 0.3) is 0 Å². The van der Waals surface area contributed by atoms with E-state index in [2.05, 4.69) is 10.3 Å². The average molecular weight is 322 g/mol. The molecule has 8 heteroatoms. The molecular formula is C15H22N4O4. The zero-order valence-corrected chi connectivity index (χ0v) is 13.6. The molecule has 1 fully saturated rings. The summed E-state index contributed by atoms with van der Waals surface area (Å²) < 4.78 is 5.46. The van der Waals surface area contributed by atoms with E-state index >= 15 is 0 Å². The van der Waals surface area contributed by atoms with Gasteiger partial charge in [0.15, 0.2) is 0 Å². The van der Waals surface area contributed by atoms with Gasteiger partial charge in [-0.3, -0.25) is 20.0 Å². The van der Waals surface area contributed by atoms with E-state index in [0.29, 0.717) is 6.54 Å². The topological polar surface area (TPSA) is 97.6 Å². The van der Waals surface area contributed by atoms with Crippen molar-refractivity contribution in [2.24, 2.45) is 0 Å². The van der Waals surface area contributed by atoms with E-state index < -0.39 is 16.6 Å². The first-order valence-corrected chi connectivity index (χ1v) is 7.61. The fraction of sp³-hybridized carbons (Fsp3) is 0.600. The van der Waals surface area contributed by atoms with Gasteiger partial charge >= 0.3 is 11.8 Å². The molecule has 0 bridgehead atoms. The van der Waals surface area contributed by atoms with Crippen LogP contribution in [-0.4, -0.2) is 40.7 Å². The van der Waals surface area contributed by atoms with E-state index in [-0.39, 0.29) is 17.4 Å². The number of amides is 1. The van der Waals surface area contributed by atoms with Gasteiger partial charge in [-0.25, -0.2) is 4.79 Å². The number of anilines is 1. The van der Waals surface area contributed by atoms with Crippen molar-refractivity contribution in [2.75, 3.05) is 18.0 Å². The Balaban J connectivity index is 2.41. The van der Waals surface area contributed by atoms with Crippen LogP contribution in [0.5, 0.6) is 0 Å². The SMILES string of the molecule is CC(C)(C)OC(=O)N(c1ccncc1[N+](=O)[O-])[C@H]1CCCNC1. The second-order valence-electron chi connectivity index (χ2n) is 6.47. The molecule has 2 rings (SSSR count). The summed E-state index contributed by atoms with van der Waals surface area (Å²) in [7, 11) is 0. The Morgan fingerprint density at radius 2 is 2.26 bits per heavy atom. The number of carbonyl (C=O) groups excluding carboxylic acids is 1. The summed E-state index contributed by atoms with van der Waals surface area (Å²) in [6, 6.07) is 1.29. The van der Waals surface area contributed by atoms with Gasteiger partial charge in [0.05, 0.1) is 11.0 Å². The molecule has 1 aromatic heterocycles. The third kappa shape index (κ3) is 4.38. The number of nitrogens with zero attached hydrogens (tertiary/aromatic N) is 3. The Morgan fingerprint density at radius 1 is 1.52 bits per heavy atom. The number of carbonyl (C=O) groups is 1. The molecule has 0 aromatic carbocycles. The number of nitro groups is 1. The second-order valence-corrected chi connectivity index (χ2v) is 6.47. The highest BCUT2D eigenvalue weighted by atomic mass is 16.6. The lowest BCUT2D eigenvalue weighted by molar-refractivity contribution is -0.384. The number of hydrogen-bond acceptors (Lipinski definition) is 6. The third-order valence-corrected chi connectivity index (χ3v) is 3.46. The Bertz CT molecular complexity index is 579. The smallest absolute Gasteiger partial charge is 0.415 e. The largest absolute Gasteiger partial charge is 0.443 e. The summed E-state index contributed by atoms with van der Waals surface area (Å²) in [4.78, 5) is 28.6. The van der Waals surface area contributed by atoms with Crippen molar-refractivity contribution in [3.05, 3.63) is 28.6 Å². The molecule has 0 aliphatic carbocycles. The van der Waals surface area contributed by atoms with Crippen molar-refractivity contribution in [3.63, 3.8) is 0 Å². The summed E-state index contributed by atoms with van der Waals surface area (Å²) in [5.41, 5.74) is -0.670. The number of pyridine rings is 1. The molecule has 1 aromatic rings. The van der Waals surface area contributed by atoms with Crippen LogP contribution in [0.4, 0.5) is 16.2 Å². The van der Waals surface area contributed by atoms with Gasteiger partial charge in [-0.1, -0.05) is 0 Å². The van der Waals surface area contributed by atoms with E-state index in [1.807, 2.05) is 0 Å². The lowest BCUT2D eigenvalue weighted by Gasteiger charge is -2.35. The molecule has 1 amide bonds. The minimum atomic E-state index is -0.681. The maximum Gasteiger partial charge on any atom is 0.415 e. The van der Waals surface area contributed by atoms with Crippen LogP contribution in [0.2, 0.25) is 0 Å². The lowest BCUT2D eigenvalue weighted by Crippen LogP contribution is -2.50. The Kier molecular flexibility index (Phi) is 5.15. The van der Waals surface area contributed by atoms with Crippen molar-refractivity contribution < 1.29 is 14.5 Å². The maximum atomic E-state index is 12.7. The van der Waals surface area contributed by atoms with E-state index in [4.69, 9.17) is 4.74 Å². The van der Waals surface area contributed by atoms with Crippen LogP contribution >= 0.6 is 0 Å². The van der Waals surface area contributed by atoms with Gasteiger partial charge in [0, 0.05) is 12.7 Å². The van der Waals surface area contributed by atoms with Crippen LogP contribution in [0.3, 0.4) is 0 Å². The van der Waals surface area contributed by atoms with Crippen LogP contribution in [-0.2, 0) is 4.74 Å². The van der Waals surface area contributed by atoms with E-state index in [9.17, 15) is 14.9 Å². The highest BCUT2D eigenvalue weighted by Crippen LogP contribution is 2.31. The Hall–Kier alpha value is -2.22. The van der Waals surface area contributed by atoms with Gasteiger partial charge in [-0.2, -0.15) is 0 Å². The number of ether oxygens (including phenoxy) is 1. The number of nitrogens with one attached hydrogen (secondary N) is 1. The predicted molar refractivity (Wildman–Crippen MR) is 85.5 cm³/mol. The molecule has 1 atom stereocenters. The Morgan fingerprint density at radius 3 is 2.83 bits per heavy atom. The average Bonchev–Trinajstić information content (AvgIpc) is 2.47. The van der Waals surface area contributed by atoms with Crippen molar-refractivity contribution in [3.8, 4) is 0 Å². The molecule has 0 radical (unpaired) electrons. The summed E-state index contributed by atoms with van der Waals surface area (Å²) in [6.07, 6.45) is 3.66. The first kappa shape index (κ1) is 17.1. The highest BCUT2D eigenvalue weighted by Gasteiger charge is 2.34. The van der Waals surface area contributed by atoms with Crippen LogP contribution in [0.15, 0.2) is 18.5 Å². The molecule has 1 saturated heterocycles. The summed E-state index contributed by atoms with van der Waals surface area (Å²) in [5.74, 6) is 0. The minimum absolute atomic E-state index is 0.195. The Labute approximate surface area is 135 Å². The van der Waals surface area contributed by atoms with Gasteiger partial charge in [-0.05, 0) is 46.2 Å². The zero-order valence-electron chi connectivity index (χ0n) is 13.6. The van der Waals surface area contributed by atoms with Crippen LogP contribution in [0.1, 0.15) is 33.6 Å². The molecule has 0 spiro atoms. The molecule has 2 heterocycles. The van der Waals surface area contributed by atoms with Gasteiger partial charge in [0.25, 0.3) is 0 Å².